The van der Waals surface area contributed by atoms with Crippen molar-refractivity contribution < 1.29 is 4.74 Å². The highest BCUT2D eigenvalue weighted by molar-refractivity contribution is 5.74. The monoisotopic (exact) mass is 375 g/mol. The summed E-state index contributed by atoms with van der Waals surface area (Å²) in [6.45, 7) is 7.48. The van der Waals surface area contributed by atoms with Crippen LogP contribution in [0.2, 0.25) is 0 Å². The Kier molecular flexibility index (Phi) is 5.39. The highest BCUT2D eigenvalue weighted by atomic mass is 16.5. The molecule has 2 N–H and O–H groups in total. The fraction of sp³-hybridized carbons (Fsp3) is 0.273. The lowest BCUT2D eigenvalue weighted by Crippen LogP contribution is -2.36. The van der Waals surface area contributed by atoms with Crippen LogP contribution in [0, 0.1) is 13.8 Å². The molecule has 1 saturated heterocycles. The molecule has 0 bridgehead atoms. The average molecular weight is 375 g/mol. The van der Waals surface area contributed by atoms with Crippen LogP contribution < -0.4 is 15.5 Å². The highest BCUT2D eigenvalue weighted by Crippen LogP contribution is 2.28. The van der Waals surface area contributed by atoms with Crippen molar-refractivity contribution in [3.05, 3.63) is 65.9 Å². The van der Waals surface area contributed by atoms with Crippen LogP contribution in [0.3, 0.4) is 0 Å². The van der Waals surface area contributed by atoms with Crippen LogP contribution in [0.25, 0.3) is 0 Å². The first-order chi connectivity index (χ1) is 13.7. The van der Waals surface area contributed by atoms with Crippen LogP contribution in [0.4, 0.5) is 28.8 Å². The normalized spacial score (nSPS) is 14.0. The van der Waals surface area contributed by atoms with Gasteiger partial charge in [-0.05, 0) is 55.3 Å². The van der Waals surface area contributed by atoms with E-state index in [1.54, 1.807) is 6.20 Å². The molecule has 6 nitrogen and oxygen atoms in total. The summed E-state index contributed by atoms with van der Waals surface area (Å²) < 4.78 is 5.47. The second-order valence-electron chi connectivity index (χ2n) is 6.93. The fourth-order valence-electron chi connectivity index (χ4n) is 3.24. The number of ether oxygens (including phenoxy) is 1. The van der Waals surface area contributed by atoms with Crippen LogP contribution in [0.5, 0.6) is 0 Å². The van der Waals surface area contributed by atoms with Crippen molar-refractivity contribution in [2.45, 2.75) is 13.8 Å². The molecule has 0 unspecified atom stereocenters. The first-order valence-electron chi connectivity index (χ1n) is 9.55. The molecule has 0 aliphatic carbocycles. The van der Waals surface area contributed by atoms with E-state index in [1.807, 2.05) is 12.1 Å². The number of aryl methyl sites for hydroxylation is 2. The van der Waals surface area contributed by atoms with Crippen molar-refractivity contribution in [1.29, 1.82) is 0 Å². The smallest absolute Gasteiger partial charge is 0.229 e. The summed E-state index contributed by atoms with van der Waals surface area (Å²) in [5, 5.41) is 6.73. The van der Waals surface area contributed by atoms with Crippen molar-refractivity contribution in [3.8, 4) is 0 Å². The average Bonchev–Trinajstić information content (AvgIpc) is 2.72. The number of nitrogens with one attached hydrogen (secondary N) is 2. The molecule has 0 atom stereocenters. The maximum Gasteiger partial charge on any atom is 0.229 e. The number of rotatable bonds is 5. The maximum atomic E-state index is 5.47. The van der Waals surface area contributed by atoms with E-state index in [-0.39, 0.29) is 0 Å². The molecule has 0 spiro atoms. The van der Waals surface area contributed by atoms with E-state index in [4.69, 9.17) is 4.74 Å². The van der Waals surface area contributed by atoms with E-state index in [0.717, 1.165) is 49.2 Å². The summed E-state index contributed by atoms with van der Waals surface area (Å²) in [4.78, 5) is 11.3. The number of morpholine rings is 1. The zero-order chi connectivity index (χ0) is 19.3. The molecule has 28 heavy (non-hydrogen) atoms. The number of anilines is 5. The Labute approximate surface area is 165 Å². The summed E-state index contributed by atoms with van der Waals surface area (Å²) in [7, 11) is 0. The van der Waals surface area contributed by atoms with Gasteiger partial charge in [-0.1, -0.05) is 18.2 Å². The number of para-hydroxylation sites is 2. The predicted molar refractivity (Wildman–Crippen MR) is 114 cm³/mol. The topological polar surface area (TPSA) is 62.3 Å². The Morgan fingerprint density at radius 2 is 1.75 bits per heavy atom. The van der Waals surface area contributed by atoms with Crippen molar-refractivity contribution in [2.24, 2.45) is 0 Å². The van der Waals surface area contributed by atoms with E-state index in [0.29, 0.717) is 5.95 Å². The molecule has 144 valence electrons. The highest BCUT2D eigenvalue weighted by Gasteiger charge is 2.15. The van der Waals surface area contributed by atoms with Gasteiger partial charge in [0.1, 0.15) is 5.82 Å². The maximum absolute atomic E-state index is 5.47. The first-order valence-corrected chi connectivity index (χ1v) is 9.55. The Bertz CT molecular complexity index is 953. The van der Waals surface area contributed by atoms with Gasteiger partial charge in [0.05, 0.1) is 24.6 Å². The lowest BCUT2D eigenvalue weighted by molar-refractivity contribution is 0.123. The van der Waals surface area contributed by atoms with Crippen molar-refractivity contribution in [3.63, 3.8) is 0 Å². The van der Waals surface area contributed by atoms with E-state index in [9.17, 15) is 0 Å². The van der Waals surface area contributed by atoms with Crippen LogP contribution in [-0.4, -0.2) is 36.3 Å². The molecule has 1 fully saturated rings. The second-order valence-corrected chi connectivity index (χ2v) is 6.93. The number of aromatic nitrogens is 2. The minimum Gasteiger partial charge on any atom is -0.378 e. The number of benzene rings is 2. The lowest BCUT2D eigenvalue weighted by atomic mass is 10.1. The summed E-state index contributed by atoms with van der Waals surface area (Å²) >= 11 is 0. The number of hydrogen-bond donors (Lipinski definition) is 2. The van der Waals surface area contributed by atoms with Gasteiger partial charge < -0.3 is 20.3 Å². The summed E-state index contributed by atoms with van der Waals surface area (Å²) in [6, 6.07) is 16.4. The molecule has 6 heteroatoms. The first kappa shape index (κ1) is 18.3. The molecule has 2 aromatic carbocycles. The molecule has 0 saturated carbocycles. The van der Waals surface area contributed by atoms with Crippen LogP contribution in [0.1, 0.15) is 11.1 Å². The van der Waals surface area contributed by atoms with Crippen LogP contribution in [-0.2, 0) is 4.74 Å². The molecule has 1 aliphatic heterocycles. The van der Waals surface area contributed by atoms with Crippen molar-refractivity contribution >= 4 is 28.8 Å². The van der Waals surface area contributed by atoms with Crippen LogP contribution in [0.15, 0.2) is 54.7 Å². The second kappa shape index (κ2) is 8.27. The summed E-state index contributed by atoms with van der Waals surface area (Å²) in [5.41, 5.74) is 5.67. The van der Waals surface area contributed by atoms with Gasteiger partial charge in [-0.2, -0.15) is 4.98 Å². The summed E-state index contributed by atoms with van der Waals surface area (Å²) in [6.07, 6.45) is 1.76. The van der Waals surface area contributed by atoms with E-state index in [1.165, 1.54) is 11.1 Å². The third kappa shape index (κ3) is 4.23. The number of nitrogens with zero attached hydrogens (tertiary/aromatic N) is 3. The molecule has 2 heterocycles. The Morgan fingerprint density at radius 1 is 0.929 bits per heavy atom. The molecule has 0 amide bonds. The van der Waals surface area contributed by atoms with Gasteiger partial charge in [-0.25, -0.2) is 4.98 Å². The molecule has 4 rings (SSSR count). The molecule has 1 aromatic heterocycles. The molecule has 3 aromatic rings. The third-order valence-electron chi connectivity index (χ3n) is 4.94. The zero-order valence-electron chi connectivity index (χ0n) is 16.3. The van der Waals surface area contributed by atoms with Crippen molar-refractivity contribution in [1.82, 2.24) is 9.97 Å². The third-order valence-corrected chi connectivity index (χ3v) is 4.94. The lowest BCUT2D eigenvalue weighted by Gasteiger charge is -2.30. The molecule has 1 aliphatic rings. The molecule has 0 radical (unpaired) electrons. The van der Waals surface area contributed by atoms with E-state index >= 15 is 0 Å². The van der Waals surface area contributed by atoms with Gasteiger partial charge in [0.15, 0.2) is 0 Å². The van der Waals surface area contributed by atoms with Gasteiger partial charge in [-0.3, -0.25) is 0 Å². The Morgan fingerprint density at radius 3 is 2.57 bits per heavy atom. The van der Waals surface area contributed by atoms with Gasteiger partial charge in [0.25, 0.3) is 0 Å². The largest absolute Gasteiger partial charge is 0.378 e. The molecular formula is C22H25N5O. The van der Waals surface area contributed by atoms with E-state index in [2.05, 4.69) is 75.7 Å². The minimum atomic E-state index is 0.564. The Hall–Kier alpha value is -3.12. The minimum absolute atomic E-state index is 0.564. The SMILES string of the molecule is Cc1ccc(Nc2ccnc(Nc3ccccc3N3CCOCC3)n2)cc1C. The molecular weight excluding hydrogens is 350 g/mol. The van der Waals surface area contributed by atoms with Gasteiger partial charge in [-0.15, -0.1) is 0 Å². The predicted octanol–water partition coefficient (Wildman–Crippen LogP) is 4.42. The van der Waals surface area contributed by atoms with E-state index < -0.39 is 0 Å². The fourth-order valence-corrected chi connectivity index (χ4v) is 3.24. The van der Waals surface area contributed by atoms with Gasteiger partial charge in [0.2, 0.25) is 5.95 Å². The standard InChI is InChI=1S/C22H25N5O/c1-16-7-8-18(15-17(16)2)24-21-9-10-23-22(26-21)25-19-5-3-4-6-20(19)27-11-13-28-14-12-27/h3-10,15H,11-14H2,1-2H3,(H2,23,24,25,26). The summed E-state index contributed by atoms with van der Waals surface area (Å²) in [5.74, 6) is 1.32. The van der Waals surface area contributed by atoms with Gasteiger partial charge >= 0.3 is 0 Å². The van der Waals surface area contributed by atoms with Crippen molar-refractivity contribution in [2.75, 3.05) is 41.8 Å². The number of hydrogen-bond acceptors (Lipinski definition) is 6. The quantitative estimate of drug-likeness (QED) is 0.688. The zero-order valence-corrected chi connectivity index (χ0v) is 16.3. The van der Waals surface area contributed by atoms with Gasteiger partial charge in [0, 0.05) is 25.0 Å². The van der Waals surface area contributed by atoms with Crippen LogP contribution >= 0.6 is 0 Å². The Balaban J connectivity index is 1.53.